The number of H-pyrrole nitrogens is 1. The van der Waals surface area contributed by atoms with Gasteiger partial charge < -0.3 is 10.3 Å². The molecule has 2 N–H and O–H groups in total. The van der Waals surface area contributed by atoms with Gasteiger partial charge in [-0.25, -0.2) is 14.8 Å². The monoisotopic (exact) mass is 267 g/mol. The van der Waals surface area contributed by atoms with E-state index in [1.165, 1.54) is 6.33 Å². The highest BCUT2D eigenvalue weighted by atomic mass is 16.1. The van der Waals surface area contributed by atoms with Crippen molar-refractivity contribution in [2.24, 2.45) is 0 Å². The minimum absolute atomic E-state index is 0.147. The van der Waals surface area contributed by atoms with Crippen molar-refractivity contribution < 1.29 is 0 Å². The number of imidazole rings is 1. The summed E-state index contributed by atoms with van der Waals surface area (Å²) in [5.74, 6) is 0. The van der Waals surface area contributed by atoms with E-state index in [1.807, 2.05) is 30.3 Å². The molecule has 0 amide bonds. The lowest BCUT2D eigenvalue weighted by Gasteiger charge is -2.07. The van der Waals surface area contributed by atoms with Crippen molar-refractivity contribution in [3.8, 4) is 5.69 Å². The van der Waals surface area contributed by atoms with E-state index >= 15 is 0 Å². The van der Waals surface area contributed by atoms with Crippen LogP contribution in [-0.2, 0) is 6.54 Å². The molecule has 0 aliphatic carbocycles. The molecule has 0 aliphatic heterocycles. The van der Waals surface area contributed by atoms with Gasteiger partial charge >= 0.3 is 5.69 Å². The number of nitrogens with zero attached hydrogens (tertiary/aromatic N) is 3. The van der Waals surface area contributed by atoms with Gasteiger partial charge in [-0.1, -0.05) is 0 Å². The van der Waals surface area contributed by atoms with Gasteiger partial charge in [0.25, 0.3) is 0 Å². The average molecular weight is 267 g/mol. The lowest BCUT2D eigenvalue weighted by Crippen LogP contribution is -2.13. The van der Waals surface area contributed by atoms with Gasteiger partial charge in [-0.2, -0.15) is 0 Å². The number of hydrogen-bond acceptors (Lipinski definition) is 4. The Morgan fingerprint density at radius 3 is 2.70 bits per heavy atom. The zero-order valence-corrected chi connectivity index (χ0v) is 10.7. The van der Waals surface area contributed by atoms with Crippen molar-refractivity contribution in [3.63, 3.8) is 0 Å². The van der Waals surface area contributed by atoms with Gasteiger partial charge in [0.05, 0.1) is 17.9 Å². The number of rotatable bonds is 4. The Balaban J connectivity index is 1.71. The first-order valence-electron chi connectivity index (χ1n) is 6.18. The second-order valence-corrected chi connectivity index (χ2v) is 4.24. The van der Waals surface area contributed by atoms with Crippen LogP contribution in [0.1, 0.15) is 5.69 Å². The lowest BCUT2D eigenvalue weighted by molar-refractivity contribution is 0.984. The Morgan fingerprint density at radius 1 is 1.20 bits per heavy atom. The summed E-state index contributed by atoms with van der Waals surface area (Å²) < 4.78 is 1.55. The molecule has 2 heterocycles. The van der Waals surface area contributed by atoms with Gasteiger partial charge in [-0.05, 0) is 30.3 Å². The van der Waals surface area contributed by atoms with E-state index in [1.54, 1.807) is 23.2 Å². The summed E-state index contributed by atoms with van der Waals surface area (Å²) in [5, 5.41) is 3.26. The number of nitrogens with one attached hydrogen (secondary N) is 2. The van der Waals surface area contributed by atoms with Crippen molar-refractivity contribution in [2.45, 2.75) is 6.54 Å². The molecule has 0 bridgehead atoms. The van der Waals surface area contributed by atoms with Gasteiger partial charge in [0.15, 0.2) is 0 Å². The number of hydrogen-bond donors (Lipinski definition) is 2. The minimum Gasteiger partial charge on any atom is -0.379 e. The molecule has 0 unspecified atom stereocenters. The first kappa shape index (κ1) is 12.2. The third-order valence-corrected chi connectivity index (χ3v) is 2.91. The molecular formula is C14H13N5O. The Kier molecular flexibility index (Phi) is 3.28. The molecular weight excluding hydrogens is 254 g/mol. The van der Waals surface area contributed by atoms with E-state index in [2.05, 4.69) is 20.3 Å². The number of aromatic amines is 1. The van der Waals surface area contributed by atoms with Crippen LogP contribution in [0.25, 0.3) is 5.69 Å². The van der Waals surface area contributed by atoms with Crippen molar-refractivity contribution >= 4 is 5.69 Å². The lowest BCUT2D eigenvalue weighted by atomic mass is 10.2. The fourth-order valence-corrected chi connectivity index (χ4v) is 1.88. The molecule has 3 aromatic rings. The molecule has 0 fully saturated rings. The van der Waals surface area contributed by atoms with Crippen LogP contribution in [0, 0.1) is 0 Å². The highest BCUT2D eigenvalue weighted by Crippen LogP contribution is 2.12. The zero-order chi connectivity index (χ0) is 13.8. The molecule has 0 atom stereocenters. The molecule has 0 spiro atoms. The van der Waals surface area contributed by atoms with Gasteiger partial charge in [0.2, 0.25) is 0 Å². The van der Waals surface area contributed by atoms with Crippen LogP contribution in [0.4, 0.5) is 5.69 Å². The quantitative estimate of drug-likeness (QED) is 0.752. The molecule has 100 valence electrons. The van der Waals surface area contributed by atoms with E-state index in [-0.39, 0.29) is 5.69 Å². The fourth-order valence-electron chi connectivity index (χ4n) is 1.88. The predicted molar refractivity (Wildman–Crippen MR) is 75.7 cm³/mol. The highest BCUT2D eigenvalue weighted by Gasteiger charge is 2.00. The summed E-state index contributed by atoms with van der Waals surface area (Å²) in [6, 6.07) is 9.49. The standard InChI is InChI=1S/C14H13N5O/c20-14-16-7-8-19(14)13-3-1-11(2-4-13)17-9-12-5-6-15-10-18-12/h1-8,10,17H,9H2,(H,16,20). The Morgan fingerprint density at radius 2 is 2.05 bits per heavy atom. The van der Waals surface area contributed by atoms with Crippen LogP contribution < -0.4 is 11.0 Å². The van der Waals surface area contributed by atoms with E-state index in [4.69, 9.17) is 0 Å². The van der Waals surface area contributed by atoms with E-state index < -0.39 is 0 Å². The van der Waals surface area contributed by atoms with E-state index in [9.17, 15) is 4.79 Å². The van der Waals surface area contributed by atoms with Crippen LogP contribution in [0.5, 0.6) is 0 Å². The third kappa shape index (κ3) is 2.59. The third-order valence-electron chi connectivity index (χ3n) is 2.91. The van der Waals surface area contributed by atoms with E-state index in [0.717, 1.165) is 17.1 Å². The van der Waals surface area contributed by atoms with Crippen molar-refractivity contribution in [1.29, 1.82) is 0 Å². The fraction of sp³-hybridized carbons (Fsp3) is 0.0714. The first-order valence-corrected chi connectivity index (χ1v) is 6.18. The van der Waals surface area contributed by atoms with Crippen LogP contribution in [0.15, 0.2) is 60.0 Å². The molecule has 0 aliphatic rings. The van der Waals surface area contributed by atoms with Crippen molar-refractivity contribution in [3.05, 3.63) is 71.4 Å². The number of benzene rings is 1. The van der Waals surface area contributed by atoms with Crippen LogP contribution in [0.3, 0.4) is 0 Å². The molecule has 0 radical (unpaired) electrons. The predicted octanol–water partition coefficient (Wildman–Crippen LogP) is 1.57. The molecule has 20 heavy (non-hydrogen) atoms. The molecule has 0 saturated carbocycles. The summed E-state index contributed by atoms with van der Waals surface area (Å²) in [7, 11) is 0. The summed E-state index contributed by atoms with van der Waals surface area (Å²) in [6.45, 7) is 0.631. The summed E-state index contributed by atoms with van der Waals surface area (Å²) in [6.07, 6.45) is 6.55. The van der Waals surface area contributed by atoms with Gasteiger partial charge in [-0.3, -0.25) is 4.57 Å². The molecule has 0 saturated heterocycles. The molecule has 6 heteroatoms. The second-order valence-electron chi connectivity index (χ2n) is 4.24. The number of anilines is 1. The molecule has 2 aromatic heterocycles. The Bertz CT molecular complexity index is 730. The normalized spacial score (nSPS) is 10.4. The Labute approximate surface area is 115 Å². The SMILES string of the molecule is O=c1[nH]ccn1-c1ccc(NCc2ccncn2)cc1. The molecule has 1 aromatic carbocycles. The maximum Gasteiger partial charge on any atom is 0.330 e. The first-order chi connectivity index (χ1) is 9.83. The van der Waals surface area contributed by atoms with Gasteiger partial charge in [0.1, 0.15) is 6.33 Å². The van der Waals surface area contributed by atoms with Crippen LogP contribution in [0.2, 0.25) is 0 Å². The number of aromatic nitrogens is 4. The van der Waals surface area contributed by atoms with Crippen molar-refractivity contribution in [2.75, 3.05) is 5.32 Å². The highest BCUT2D eigenvalue weighted by molar-refractivity contribution is 5.48. The molecule has 3 rings (SSSR count). The summed E-state index contributed by atoms with van der Waals surface area (Å²) in [4.78, 5) is 22.1. The van der Waals surface area contributed by atoms with Gasteiger partial charge in [0, 0.05) is 24.3 Å². The van der Waals surface area contributed by atoms with E-state index in [0.29, 0.717) is 6.54 Å². The minimum atomic E-state index is -0.147. The maximum atomic E-state index is 11.5. The summed E-state index contributed by atoms with van der Waals surface area (Å²) >= 11 is 0. The second kappa shape index (κ2) is 5.40. The smallest absolute Gasteiger partial charge is 0.330 e. The Hall–Kier alpha value is -2.89. The average Bonchev–Trinajstić information content (AvgIpc) is 2.93. The summed E-state index contributed by atoms with van der Waals surface area (Å²) in [5.41, 5.74) is 2.57. The topological polar surface area (TPSA) is 75.6 Å². The zero-order valence-electron chi connectivity index (χ0n) is 10.7. The van der Waals surface area contributed by atoms with Crippen LogP contribution in [-0.4, -0.2) is 19.5 Å². The van der Waals surface area contributed by atoms with Crippen molar-refractivity contribution in [1.82, 2.24) is 19.5 Å². The maximum absolute atomic E-state index is 11.5. The largest absolute Gasteiger partial charge is 0.379 e. The van der Waals surface area contributed by atoms with Crippen LogP contribution >= 0.6 is 0 Å². The van der Waals surface area contributed by atoms with Gasteiger partial charge in [-0.15, -0.1) is 0 Å². The molecule has 6 nitrogen and oxygen atoms in total.